The number of carbonyl (C=O) groups excluding carboxylic acids is 2. The monoisotopic (exact) mass is 400 g/mol. The molecule has 3 aromatic rings. The lowest BCUT2D eigenvalue weighted by molar-refractivity contribution is -0.119. The summed E-state index contributed by atoms with van der Waals surface area (Å²) in [5, 5.41) is 3.96. The summed E-state index contributed by atoms with van der Waals surface area (Å²) < 4.78 is 5.19. The minimum atomic E-state index is -0.572. The molecule has 7 heteroatoms. The summed E-state index contributed by atoms with van der Waals surface area (Å²) in [6.45, 7) is 3.28. The highest BCUT2D eigenvalue weighted by Gasteiger charge is 2.20. The Morgan fingerprint density at radius 3 is 2.63 bits per heavy atom. The Bertz CT molecular complexity index is 986. The molecule has 1 heterocycles. The maximum Gasteiger partial charge on any atom is 0.351 e. The van der Waals surface area contributed by atoms with Gasteiger partial charge in [-0.2, -0.15) is 0 Å². The minimum absolute atomic E-state index is 0.380. The van der Waals surface area contributed by atoms with Gasteiger partial charge in [-0.05, 0) is 31.5 Å². The number of aromatic nitrogens is 1. The lowest BCUT2D eigenvalue weighted by atomic mass is 10.1. The van der Waals surface area contributed by atoms with E-state index in [1.807, 2.05) is 44.2 Å². The van der Waals surface area contributed by atoms with Crippen LogP contribution in [0.4, 0.5) is 5.69 Å². The number of aryl methyl sites for hydroxylation is 2. The van der Waals surface area contributed by atoms with Crippen LogP contribution in [0.5, 0.6) is 0 Å². The fraction of sp³-hybridized carbons (Fsp3) is 0.150. The number of hydrogen-bond acceptors (Lipinski definition) is 5. The molecule has 0 saturated heterocycles. The van der Waals surface area contributed by atoms with Crippen LogP contribution in [0.15, 0.2) is 48.5 Å². The molecule has 0 saturated carbocycles. The molecule has 0 aliphatic carbocycles. The number of amides is 1. The minimum Gasteiger partial charge on any atom is -0.451 e. The number of benzene rings is 2. The molecule has 138 valence electrons. The fourth-order valence-corrected chi connectivity index (χ4v) is 3.48. The van der Waals surface area contributed by atoms with Gasteiger partial charge < -0.3 is 10.1 Å². The average Bonchev–Trinajstić information content (AvgIpc) is 3.05. The van der Waals surface area contributed by atoms with Crippen LogP contribution in [0, 0.1) is 13.8 Å². The number of hydrogen-bond donors (Lipinski definition) is 1. The van der Waals surface area contributed by atoms with E-state index in [1.54, 1.807) is 18.2 Å². The summed E-state index contributed by atoms with van der Waals surface area (Å²) in [7, 11) is 0. The van der Waals surface area contributed by atoms with Crippen LogP contribution in [0.1, 0.15) is 20.2 Å². The molecule has 0 unspecified atom stereocenters. The van der Waals surface area contributed by atoms with Gasteiger partial charge in [0, 0.05) is 16.3 Å². The third kappa shape index (κ3) is 4.72. The second kappa shape index (κ2) is 8.33. The Labute approximate surface area is 166 Å². The lowest BCUT2D eigenvalue weighted by Gasteiger charge is -2.09. The van der Waals surface area contributed by atoms with Crippen molar-refractivity contribution in [2.75, 3.05) is 11.9 Å². The van der Waals surface area contributed by atoms with Gasteiger partial charge >= 0.3 is 5.97 Å². The van der Waals surface area contributed by atoms with Gasteiger partial charge in [0.15, 0.2) is 6.61 Å². The van der Waals surface area contributed by atoms with Crippen molar-refractivity contribution in [3.8, 4) is 11.3 Å². The quantitative estimate of drug-likeness (QED) is 0.620. The van der Waals surface area contributed by atoms with Crippen LogP contribution in [0.3, 0.4) is 0 Å². The maximum atomic E-state index is 12.5. The van der Waals surface area contributed by atoms with E-state index in [9.17, 15) is 9.59 Å². The van der Waals surface area contributed by atoms with Crippen LogP contribution in [0.25, 0.3) is 11.3 Å². The molecule has 0 aliphatic rings. The molecule has 0 radical (unpaired) electrons. The zero-order chi connectivity index (χ0) is 19.4. The van der Waals surface area contributed by atoms with E-state index in [0.717, 1.165) is 16.1 Å². The highest BCUT2D eigenvalue weighted by atomic mass is 35.5. The summed E-state index contributed by atoms with van der Waals surface area (Å²) in [4.78, 5) is 29.4. The summed E-state index contributed by atoms with van der Waals surface area (Å²) in [5.74, 6) is -1.01. The SMILES string of the molecule is Cc1nc(-c2ccccc2)c(C(=O)OCC(=O)Nc2cc(Cl)ccc2C)s1. The number of anilines is 1. The van der Waals surface area contributed by atoms with E-state index in [4.69, 9.17) is 16.3 Å². The maximum absolute atomic E-state index is 12.5. The molecular weight excluding hydrogens is 384 g/mol. The molecule has 1 amide bonds. The number of thiazole rings is 1. The highest BCUT2D eigenvalue weighted by molar-refractivity contribution is 7.14. The first-order chi connectivity index (χ1) is 12.9. The molecule has 1 aromatic heterocycles. The van der Waals surface area contributed by atoms with Gasteiger partial charge in [-0.25, -0.2) is 9.78 Å². The Morgan fingerprint density at radius 2 is 1.89 bits per heavy atom. The van der Waals surface area contributed by atoms with Crippen LogP contribution >= 0.6 is 22.9 Å². The number of esters is 1. The number of rotatable bonds is 5. The average molecular weight is 401 g/mol. The number of nitrogens with zero attached hydrogens (tertiary/aromatic N) is 1. The first-order valence-corrected chi connectivity index (χ1v) is 9.39. The van der Waals surface area contributed by atoms with Gasteiger partial charge in [-0.3, -0.25) is 4.79 Å². The predicted octanol–water partition coefficient (Wildman–Crippen LogP) is 4.88. The molecule has 1 N–H and O–H groups in total. The largest absolute Gasteiger partial charge is 0.451 e. The molecule has 0 aliphatic heterocycles. The number of nitrogens with one attached hydrogen (secondary N) is 1. The molecular formula is C20H17ClN2O3S. The van der Waals surface area contributed by atoms with Crippen LogP contribution in [0.2, 0.25) is 5.02 Å². The van der Waals surface area contributed by atoms with E-state index in [1.165, 1.54) is 11.3 Å². The zero-order valence-electron chi connectivity index (χ0n) is 14.8. The molecule has 3 rings (SSSR count). The molecule has 0 fully saturated rings. The van der Waals surface area contributed by atoms with Crippen molar-refractivity contribution in [1.82, 2.24) is 4.98 Å². The van der Waals surface area contributed by atoms with Crippen LogP contribution in [-0.4, -0.2) is 23.5 Å². The Morgan fingerprint density at radius 1 is 1.15 bits per heavy atom. The van der Waals surface area contributed by atoms with Gasteiger partial charge in [-0.1, -0.05) is 48.0 Å². The second-order valence-corrected chi connectivity index (χ2v) is 7.50. The summed E-state index contributed by atoms with van der Waals surface area (Å²) in [6, 6.07) is 14.6. The molecule has 0 atom stereocenters. The predicted molar refractivity (Wildman–Crippen MR) is 107 cm³/mol. The smallest absolute Gasteiger partial charge is 0.351 e. The fourth-order valence-electron chi connectivity index (χ4n) is 2.47. The Hall–Kier alpha value is -2.70. The van der Waals surface area contributed by atoms with Crippen molar-refractivity contribution in [1.29, 1.82) is 0 Å². The van der Waals surface area contributed by atoms with Crippen molar-refractivity contribution in [2.45, 2.75) is 13.8 Å². The normalized spacial score (nSPS) is 10.5. The van der Waals surface area contributed by atoms with E-state index in [0.29, 0.717) is 21.3 Å². The van der Waals surface area contributed by atoms with Crippen LogP contribution in [-0.2, 0) is 9.53 Å². The summed E-state index contributed by atoms with van der Waals surface area (Å²) in [6.07, 6.45) is 0. The Kier molecular flexibility index (Phi) is 5.88. The van der Waals surface area contributed by atoms with Crippen molar-refractivity contribution >= 4 is 40.5 Å². The molecule has 27 heavy (non-hydrogen) atoms. The van der Waals surface area contributed by atoms with Gasteiger partial charge in [0.25, 0.3) is 5.91 Å². The van der Waals surface area contributed by atoms with E-state index in [2.05, 4.69) is 10.3 Å². The highest BCUT2D eigenvalue weighted by Crippen LogP contribution is 2.28. The van der Waals surface area contributed by atoms with Gasteiger partial charge in [0.2, 0.25) is 0 Å². The standard InChI is InChI=1S/C20H17ClN2O3S/c1-12-8-9-15(21)10-16(12)23-17(24)11-26-20(25)19-18(22-13(2)27-19)14-6-4-3-5-7-14/h3-10H,11H2,1-2H3,(H,23,24). The van der Waals surface area contributed by atoms with E-state index < -0.39 is 18.5 Å². The van der Waals surface area contributed by atoms with E-state index >= 15 is 0 Å². The van der Waals surface area contributed by atoms with Crippen molar-refractivity contribution in [3.05, 3.63) is 69.0 Å². The second-order valence-electron chi connectivity index (χ2n) is 5.86. The summed E-state index contributed by atoms with van der Waals surface area (Å²) >= 11 is 7.19. The first-order valence-electron chi connectivity index (χ1n) is 8.20. The number of carbonyl (C=O) groups is 2. The summed E-state index contributed by atoms with van der Waals surface area (Å²) in [5.41, 5.74) is 2.84. The number of halogens is 1. The third-order valence-corrected chi connectivity index (χ3v) is 4.96. The van der Waals surface area contributed by atoms with Gasteiger partial charge in [0.05, 0.1) is 10.7 Å². The molecule has 0 bridgehead atoms. The number of ether oxygens (including phenoxy) is 1. The van der Waals surface area contributed by atoms with Crippen molar-refractivity contribution in [3.63, 3.8) is 0 Å². The third-order valence-electron chi connectivity index (χ3n) is 3.77. The van der Waals surface area contributed by atoms with Crippen molar-refractivity contribution < 1.29 is 14.3 Å². The molecule has 5 nitrogen and oxygen atoms in total. The molecule has 0 spiro atoms. The lowest BCUT2D eigenvalue weighted by Crippen LogP contribution is -2.21. The van der Waals surface area contributed by atoms with E-state index in [-0.39, 0.29) is 0 Å². The van der Waals surface area contributed by atoms with Crippen LogP contribution < -0.4 is 5.32 Å². The molecule has 2 aromatic carbocycles. The zero-order valence-corrected chi connectivity index (χ0v) is 16.4. The van der Waals surface area contributed by atoms with Gasteiger partial charge in [0.1, 0.15) is 4.88 Å². The van der Waals surface area contributed by atoms with Crippen molar-refractivity contribution in [2.24, 2.45) is 0 Å². The van der Waals surface area contributed by atoms with Gasteiger partial charge in [-0.15, -0.1) is 11.3 Å². The first kappa shape index (κ1) is 19.1. The topological polar surface area (TPSA) is 68.3 Å². The Balaban J connectivity index is 1.68.